The average Bonchev–Trinajstić information content (AvgIpc) is 2.56. The Bertz CT molecular complexity index is 361. The molecule has 0 bridgehead atoms. The topological polar surface area (TPSA) is 47.2 Å². The summed E-state index contributed by atoms with van der Waals surface area (Å²) in [5.41, 5.74) is 0.774. The van der Waals surface area contributed by atoms with Crippen LogP contribution in [0.25, 0.3) is 0 Å². The zero-order valence-corrected chi connectivity index (χ0v) is 9.16. The Morgan fingerprint density at radius 2 is 2.27 bits per heavy atom. The number of rotatable bonds is 3. The van der Waals surface area contributed by atoms with Crippen LogP contribution in [0.3, 0.4) is 0 Å². The molecule has 0 amide bonds. The Labute approximate surface area is 89.2 Å². The Kier molecular flexibility index (Phi) is 3.26. The van der Waals surface area contributed by atoms with Gasteiger partial charge in [-0.05, 0) is 44.7 Å². The van der Waals surface area contributed by atoms with Crippen LogP contribution >= 0.6 is 0 Å². The van der Waals surface area contributed by atoms with Crippen LogP contribution in [0.5, 0.6) is 0 Å². The fourth-order valence-electron chi connectivity index (χ4n) is 2.20. The van der Waals surface area contributed by atoms with Crippen LogP contribution in [0.1, 0.15) is 25.0 Å². The summed E-state index contributed by atoms with van der Waals surface area (Å²) in [5.74, 6) is 0.802. The minimum atomic E-state index is -0.238. The monoisotopic (exact) mass is 210 g/mol. The predicted molar refractivity (Wildman–Crippen MR) is 57.9 cm³/mol. The smallest absolute Gasteiger partial charge is 0.337 e. The van der Waals surface area contributed by atoms with Gasteiger partial charge in [0.15, 0.2) is 0 Å². The number of hydrogen-bond donors (Lipinski definition) is 1. The maximum atomic E-state index is 11.0. The molecule has 0 radical (unpaired) electrons. The van der Waals surface area contributed by atoms with Crippen molar-refractivity contribution in [3.05, 3.63) is 22.2 Å². The molecule has 2 rings (SSSR count). The number of hydrogen-bond acceptors (Lipinski definition) is 3. The molecule has 4 nitrogen and oxygen atoms in total. The van der Waals surface area contributed by atoms with E-state index in [9.17, 15) is 4.79 Å². The first kappa shape index (κ1) is 10.5. The second-order valence-electron chi connectivity index (χ2n) is 4.28. The standard InChI is InChI=1S/C11H18N2O2/c1-13-10(8-11(14)15-13)3-2-9-4-6-12-7-5-9/h8-9,12H,2-7H2,1H3. The zero-order chi connectivity index (χ0) is 10.7. The van der Waals surface area contributed by atoms with Crippen molar-refractivity contribution in [3.63, 3.8) is 0 Å². The molecule has 1 aliphatic rings. The van der Waals surface area contributed by atoms with Gasteiger partial charge in [-0.25, -0.2) is 9.53 Å². The first-order valence-electron chi connectivity index (χ1n) is 5.62. The van der Waals surface area contributed by atoms with Gasteiger partial charge in [-0.1, -0.05) is 0 Å². The molecule has 0 saturated carbocycles. The van der Waals surface area contributed by atoms with Crippen LogP contribution in [0.15, 0.2) is 15.4 Å². The van der Waals surface area contributed by atoms with E-state index >= 15 is 0 Å². The summed E-state index contributed by atoms with van der Waals surface area (Å²) >= 11 is 0. The summed E-state index contributed by atoms with van der Waals surface area (Å²) in [6, 6.07) is 1.60. The lowest BCUT2D eigenvalue weighted by molar-refractivity contribution is 0.272. The minimum Gasteiger partial charge on any atom is -0.337 e. The second-order valence-corrected chi connectivity index (χ2v) is 4.28. The number of nitrogens with one attached hydrogen (secondary N) is 1. The largest absolute Gasteiger partial charge is 0.357 e. The van der Waals surface area contributed by atoms with Crippen molar-refractivity contribution >= 4 is 0 Å². The summed E-state index contributed by atoms with van der Waals surface area (Å²) in [6.07, 6.45) is 4.62. The molecule has 1 aromatic rings. The Hall–Kier alpha value is -1.03. The molecule has 0 spiro atoms. The van der Waals surface area contributed by atoms with Gasteiger partial charge in [0, 0.05) is 13.1 Å². The SMILES string of the molecule is Cn1oc(=O)cc1CCC1CCNCC1. The van der Waals surface area contributed by atoms with E-state index in [1.165, 1.54) is 12.8 Å². The molecule has 0 atom stereocenters. The zero-order valence-electron chi connectivity index (χ0n) is 9.16. The van der Waals surface area contributed by atoms with E-state index in [-0.39, 0.29) is 5.63 Å². The van der Waals surface area contributed by atoms with Gasteiger partial charge in [0.25, 0.3) is 0 Å². The third-order valence-electron chi connectivity index (χ3n) is 3.18. The fourth-order valence-corrected chi connectivity index (χ4v) is 2.20. The van der Waals surface area contributed by atoms with Crippen molar-refractivity contribution in [1.29, 1.82) is 0 Å². The molecule has 0 aromatic carbocycles. The van der Waals surface area contributed by atoms with Crippen molar-refractivity contribution in [3.8, 4) is 0 Å². The maximum absolute atomic E-state index is 11.0. The minimum absolute atomic E-state index is 0.238. The van der Waals surface area contributed by atoms with Crippen molar-refractivity contribution < 1.29 is 4.52 Å². The molecule has 15 heavy (non-hydrogen) atoms. The molecule has 1 saturated heterocycles. The van der Waals surface area contributed by atoms with Gasteiger partial charge in [0.2, 0.25) is 0 Å². The second kappa shape index (κ2) is 4.66. The number of piperidine rings is 1. The van der Waals surface area contributed by atoms with Crippen molar-refractivity contribution in [1.82, 2.24) is 10.1 Å². The average molecular weight is 210 g/mol. The molecule has 84 valence electrons. The Balaban J connectivity index is 1.86. The van der Waals surface area contributed by atoms with Gasteiger partial charge in [0.1, 0.15) is 0 Å². The van der Waals surface area contributed by atoms with Crippen LogP contribution in [-0.4, -0.2) is 17.8 Å². The molecule has 1 aromatic heterocycles. The third-order valence-corrected chi connectivity index (χ3v) is 3.18. The van der Waals surface area contributed by atoms with E-state index in [4.69, 9.17) is 4.52 Å². The highest BCUT2D eigenvalue weighted by Crippen LogP contribution is 2.18. The van der Waals surface area contributed by atoms with E-state index in [1.54, 1.807) is 17.9 Å². The molecule has 1 aliphatic heterocycles. The van der Waals surface area contributed by atoms with Gasteiger partial charge in [-0.15, -0.1) is 0 Å². The van der Waals surface area contributed by atoms with Crippen LogP contribution in [0.2, 0.25) is 0 Å². The van der Waals surface area contributed by atoms with Crippen LogP contribution < -0.4 is 10.9 Å². The van der Waals surface area contributed by atoms with Gasteiger partial charge in [0.05, 0.1) is 5.69 Å². The molecule has 1 N–H and O–H groups in total. The van der Waals surface area contributed by atoms with E-state index in [2.05, 4.69) is 5.32 Å². The van der Waals surface area contributed by atoms with Gasteiger partial charge in [-0.3, -0.25) is 0 Å². The summed E-state index contributed by atoms with van der Waals surface area (Å²) in [4.78, 5) is 11.0. The summed E-state index contributed by atoms with van der Waals surface area (Å²) in [7, 11) is 1.79. The molecule has 0 unspecified atom stereocenters. The van der Waals surface area contributed by atoms with E-state index in [1.807, 2.05) is 0 Å². The van der Waals surface area contributed by atoms with E-state index in [0.29, 0.717) is 0 Å². The van der Waals surface area contributed by atoms with Gasteiger partial charge < -0.3 is 9.84 Å². The van der Waals surface area contributed by atoms with Crippen molar-refractivity contribution in [2.75, 3.05) is 13.1 Å². The van der Waals surface area contributed by atoms with E-state index < -0.39 is 0 Å². The third kappa shape index (κ3) is 2.72. The first-order valence-corrected chi connectivity index (χ1v) is 5.62. The maximum Gasteiger partial charge on any atom is 0.357 e. The van der Waals surface area contributed by atoms with Gasteiger partial charge >= 0.3 is 5.63 Å². The molecular formula is C11H18N2O2. The lowest BCUT2D eigenvalue weighted by Crippen LogP contribution is -2.28. The lowest BCUT2D eigenvalue weighted by Gasteiger charge is -2.22. The lowest BCUT2D eigenvalue weighted by atomic mass is 9.92. The fraction of sp³-hybridized carbons (Fsp3) is 0.727. The van der Waals surface area contributed by atoms with E-state index in [0.717, 1.165) is 37.5 Å². The van der Waals surface area contributed by atoms with Gasteiger partial charge in [-0.2, -0.15) is 0 Å². The number of aromatic nitrogens is 1. The molecule has 1 fully saturated rings. The highest BCUT2D eigenvalue weighted by Gasteiger charge is 2.14. The first-order chi connectivity index (χ1) is 7.25. The highest BCUT2D eigenvalue weighted by molar-refractivity contribution is 4.98. The number of nitrogens with zero attached hydrogens (tertiary/aromatic N) is 1. The van der Waals surface area contributed by atoms with Crippen LogP contribution in [-0.2, 0) is 13.5 Å². The molecular weight excluding hydrogens is 192 g/mol. The van der Waals surface area contributed by atoms with Crippen molar-refractivity contribution in [2.45, 2.75) is 25.7 Å². The molecule has 0 aliphatic carbocycles. The number of aryl methyl sites for hydroxylation is 2. The highest BCUT2D eigenvalue weighted by atomic mass is 16.5. The normalized spacial score (nSPS) is 18.2. The van der Waals surface area contributed by atoms with Crippen molar-refractivity contribution in [2.24, 2.45) is 13.0 Å². The Morgan fingerprint density at radius 1 is 1.53 bits per heavy atom. The molecule has 2 heterocycles. The van der Waals surface area contributed by atoms with Crippen LogP contribution in [0.4, 0.5) is 0 Å². The summed E-state index contributed by atoms with van der Waals surface area (Å²) < 4.78 is 6.49. The summed E-state index contributed by atoms with van der Waals surface area (Å²) in [6.45, 7) is 2.27. The summed E-state index contributed by atoms with van der Waals surface area (Å²) in [5, 5.41) is 3.35. The Morgan fingerprint density at radius 3 is 2.87 bits per heavy atom. The quantitative estimate of drug-likeness (QED) is 0.806. The van der Waals surface area contributed by atoms with Crippen LogP contribution in [0, 0.1) is 5.92 Å². The predicted octanol–water partition coefficient (Wildman–Crippen LogP) is 0.911. The molecule has 4 heteroatoms.